The number of amides is 1. The molecule has 1 aromatic carbocycles. The lowest BCUT2D eigenvalue weighted by molar-refractivity contribution is 0.0863. The summed E-state index contributed by atoms with van der Waals surface area (Å²) in [5.74, 6) is -0.0638. The van der Waals surface area contributed by atoms with E-state index >= 15 is 0 Å². The molecule has 0 saturated heterocycles. The average Bonchev–Trinajstić information content (AvgIpc) is 2.40. The summed E-state index contributed by atoms with van der Waals surface area (Å²) in [5, 5.41) is 8.81. The number of carbonyl (C=O) groups is 1. The van der Waals surface area contributed by atoms with Gasteiger partial charge in [-0.15, -0.1) is 0 Å². The summed E-state index contributed by atoms with van der Waals surface area (Å²) >= 11 is 0. The fourth-order valence-corrected chi connectivity index (χ4v) is 1.66. The number of aryl methyl sites for hydroxylation is 1. The monoisotopic (exact) mass is 244 g/mol. The maximum Gasteiger partial charge on any atom is 0.261 e. The van der Waals surface area contributed by atoms with Crippen molar-refractivity contribution in [1.29, 1.82) is 0 Å². The first-order valence-electron chi connectivity index (χ1n) is 5.83. The Morgan fingerprint density at radius 2 is 1.72 bits per heavy atom. The lowest BCUT2D eigenvalue weighted by Crippen LogP contribution is -2.26. The first kappa shape index (κ1) is 12.4. The highest BCUT2D eigenvalue weighted by molar-refractivity contribution is 5.95. The van der Waals surface area contributed by atoms with Crippen LogP contribution in [0.15, 0.2) is 49.1 Å². The number of aliphatic hydroxyl groups excluding tert-OH is 1. The molecule has 0 saturated carbocycles. The molecule has 1 amide bonds. The van der Waals surface area contributed by atoms with Gasteiger partial charge >= 0.3 is 0 Å². The van der Waals surface area contributed by atoms with E-state index in [-0.39, 0.29) is 12.5 Å². The van der Waals surface area contributed by atoms with Gasteiger partial charge in [0.25, 0.3) is 5.91 Å². The molecule has 0 bridgehead atoms. The van der Waals surface area contributed by atoms with E-state index in [4.69, 9.17) is 5.11 Å². The molecular formula is C14H16N2O2. The van der Waals surface area contributed by atoms with Crippen LogP contribution in [0.4, 0.5) is 0 Å². The second kappa shape index (κ2) is 5.51. The Bertz CT molecular complexity index is 463. The number of aliphatic hydroxyl groups is 1. The number of β-amino-alcohol motifs (C(OH)–C–C–N with tert-alkyl or cyclic N) is 1. The summed E-state index contributed by atoms with van der Waals surface area (Å²) in [5.41, 5.74) is 1.79. The Balaban J connectivity index is 2.06. The zero-order chi connectivity index (χ0) is 13.0. The van der Waals surface area contributed by atoms with E-state index in [0.29, 0.717) is 12.1 Å². The lowest BCUT2D eigenvalue weighted by Gasteiger charge is -2.23. The molecule has 2 rings (SSSR count). The van der Waals surface area contributed by atoms with Gasteiger partial charge in [-0.2, -0.15) is 0 Å². The number of benzene rings is 1. The third-order valence-electron chi connectivity index (χ3n) is 2.73. The van der Waals surface area contributed by atoms with E-state index < -0.39 is 0 Å². The molecule has 1 N–H and O–H groups in total. The van der Waals surface area contributed by atoms with Gasteiger partial charge in [-0.25, -0.2) is 0 Å². The predicted octanol–water partition coefficient (Wildman–Crippen LogP) is 1.69. The van der Waals surface area contributed by atoms with E-state index in [1.807, 2.05) is 36.1 Å². The van der Waals surface area contributed by atoms with Crippen molar-refractivity contribution >= 4 is 5.91 Å². The molecule has 0 aromatic heterocycles. The van der Waals surface area contributed by atoms with Crippen LogP contribution >= 0.6 is 0 Å². The summed E-state index contributed by atoms with van der Waals surface area (Å²) in [4.78, 5) is 15.5. The zero-order valence-electron chi connectivity index (χ0n) is 10.3. The largest absolute Gasteiger partial charge is 0.395 e. The second-order valence-corrected chi connectivity index (χ2v) is 4.14. The summed E-state index contributed by atoms with van der Waals surface area (Å²) < 4.78 is 0. The van der Waals surface area contributed by atoms with Gasteiger partial charge in [-0.05, 0) is 19.1 Å². The third kappa shape index (κ3) is 2.78. The summed E-state index contributed by atoms with van der Waals surface area (Å²) in [6.07, 6.45) is 6.92. The molecule has 1 aromatic rings. The minimum absolute atomic E-state index is 0.0638. The molecule has 4 nitrogen and oxygen atoms in total. The molecule has 18 heavy (non-hydrogen) atoms. The lowest BCUT2D eigenvalue weighted by atomic mass is 10.1. The van der Waals surface area contributed by atoms with Gasteiger partial charge in [0.2, 0.25) is 0 Å². The van der Waals surface area contributed by atoms with Crippen molar-refractivity contribution in [1.82, 2.24) is 9.80 Å². The minimum Gasteiger partial charge on any atom is -0.395 e. The van der Waals surface area contributed by atoms with Gasteiger partial charge in [-0.3, -0.25) is 9.69 Å². The number of hydrogen-bond donors (Lipinski definition) is 1. The molecule has 4 heteroatoms. The molecule has 0 fully saturated rings. The van der Waals surface area contributed by atoms with Crippen LogP contribution in [0.1, 0.15) is 15.9 Å². The molecule has 1 aliphatic rings. The van der Waals surface area contributed by atoms with E-state index in [2.05, 4.69) is 0 Å². The Kier molecular flexibility index (Phi) is 3.79. The smallest absolute Gasteiger partial charge is 0.261 e. The van der Waals surface area contributed by atoms with E-state index in [1.54, 1.807) is 24.8 Å². The summed E-state index contributed by atoms with van der Waals surface area (Å²) in [7, 11) is 0. The normalized spacial score (nSPS) is 14.1. The molecule has 94 valence electrons. The van der Waals surface area contributed by atoms with Crippen LogP contribution in [-0.2, 0) is 0 Å². The van der Waals surface area contributed by atoms with Crippen molar-refractivity contribution in [3.05, 3.63) is 60.2 Å². The van der Waals surface area contributed by atoms with Crippen LogP contribution < -0.4 is 0 Å². The van der Waals surface area contributed by atoms with Crippen LogP contribution in [0.2, 0.25) is 0 Å². The maximum atomic E-state index is 12.1. The van der Waals surface area contributed by atoms with Gasteiger partial charge in [0, 0.05) is 36.9 Å². The van der Waals surface area contributed by atoms with Gasteiger partial charge in [0.05, 0.1) is 6.61 Å². The van der Waals surface area contributed by atoms with Crippen molar-refractivity contribution in [2.24, 2.45) is 0 Å². The third-order valence-corrected chi connectivity index (χ3v) is 2.73. The molecule has 0 spiro atoms. The highest BCUT2D eigenvalue weighted by Crippen LogP contribution is 2.11. The Labute approximate surface area is 106 Å². The topological polar surface area (TPSA) is 43.8 Å². The minimum atomic E-state index is -0.0638. The standard InChI is InChI=1S/C14H16N2O2/c1-12-2-4-13(5-3-12)14(18)16-8-6-15(7-9-16)10-11-17/h2-9,17H,10-11H2,1H3. The van der Waals surface area contributed by atoms with E-state index in [0.717, 1.165) is 5.56 Å². The maximum absolute atomic E-state index is 12.1. The zero-order valence-corrected chi connectivity index (χ0v) is 10.3. The Hall–Kier alpha value is -2.07. The van der Waals surface area contributed by atoms with Crippen LogP contribution in [0.3, 0.4) is 0 Å². The van der Waals surface area contributed by atoms with Crippen LogP contribution in [0, 0.1) is 6.92 Å². The first-order valence-corrected chi connectivity index (χ1v) is 5.83. The van der Waals surface area contributed by atoms with Crippen molar-refractivity contribution < 1.29 is 9.90 Å². The van der Waals surface area contributed by atoms with Crippen molar-refractivity contribution in [2.45, 2.75) is 6.92 Å². The number of hydrogen-bond acceptors (Lipinski definition) is 3. The van der Waals surface area contributed by atoms with Crippen molar-refractivity contribution in [3.63, 3.8) is 0 Å². The first-order chi connectivity index (χ1) is 8.70. The highest BCUT2D eigenvalue weighted by atomic mass is 16.3. The SMILES string of the molecule is Cc1ccc(C(=O)N2C=CN(CCO)C=C2)cc1. The second-order valence-electron chi connectivity index (χ2n) is 4.14. The van der Waals surface area contributed by atoms with Gasteiger partial charge in [-0.1, -0.05) is 17.7 Å². The molecule has 0 unspecified atom stereocenters. The summed E-state index contributed by atoms with van der Waals surface area (Å²) in [6, 6.07) is 7.48. The Morgan fingerprint density at radius 1 is 1.11 bits per heavy atom. The highest BCUT2D eigenvalue weighted by Gasteiger charge is 2.13. The van der Waals surface area contributed by atoms with E-state index in [9.17, 15) is 4.79 Å². The molecular weight excluding hydrogens is 228 g/mol. The average molecular weight is 244 g/mol. The predicted molar refractivity (Wildman–Crippen MR) is 69.4 cm³/mol. The Morgan fingerprint density at radius 3 is 2.28 bits per heavy atom. The van der Waals surface area contributed by atoms with Crippen LogP contribution in [0.25, 0.3) is 0 Å². The van der Waals surface area contributed by atoms with Crippen molar-refractivity contribution in [3.8, 4) is 0 Å². The molecule has 0 atom stereocenters. The van der Waals surface area contributed by atoms with Crippen LogP contribution in [-0.4, -0.2) is 34.0 Å². The van der Waals surface area contributed by atoms with Gasteiger partial charge < -0.3 is 10.0 Å². The molecule has 0 aliphatic carbocycles. The van der Waals surface area contributed by atoms with Crippen molar-refractivity contribution in [2.75, 3.05) is 13.2 Å². The van der Waals surface area contributed by atoms with Gasteiger partial charge in [0.15, 0.2) is 0 Å². The number of nitrogens with zero attached hydrogens (tertiary/aromatic N) is 2. The molecule has 1 aliphatic heterocycles. The fraction of sp³-hybridized carbons (Fsp3) is 0.214. The summed E-state index contributed by atoms with van der Waals surface area (Å²) in [6.45, 7) is 2.60. The molecule has 1 heterocycles. The van der Waals surface area contributed by atoms with Crippen LogP contribution in [0.5, 0.6) is 0 Å². The van der Waals surface area contributed by atoms with Gasteiger partial charge in [0.1, 0.15) is 0 Å². The quantitative estimate of drug-likeness (QED) is 0.880. The molecule has 0 radical (unpaired) electrons. The number of carbonyl (C=O) groups excluding carboxylic acids is 1. The van der Waals surface area contributed by atoms with E-state index in [1.165, 1.54) is 4.90 Å². The number of rotatable bonds is 3. The fourth-order valence-electron chi connectivity index (χ4n) is 1.66.